The van der Waals surface area contributed by atoms with E-state index in [-0.39, 0.29) is 19.1 Å². The lowest BCUT2D eigenvalue weighted by molar-refractivity contribution is -0.870. The van der Waals surface area contributed by atoms with Crippen molar-refractivity contribution < 1.29 is 32.9 Å². The third-order valence-electron chi connectivity index (χ3n) is 10.7. The molecule has 9 heteroatoms. The van der Waals surface area contributed by atoms with Gasteiger partial charge in [0.2, 0.25) is 5.91 Å². The number of likely N-dealkylation sites (N-methyl/N-ethyl adjacent to an activating group) is 1. The van der Waals surface area contributed by atoms with E-state index in [0.717, 1.165) is 77.0 Å². The van der Waals surface area contributed by atoms with Crippen molar-refractivity contribution in [3.8, 4) is 0 Å². The Balaban J connectivity index is 4.30. The molecule has 3 atom stereocenters. The molecule has 3 unspecified atom stereocenters. The molecule has 0 aliphatic rings. The van der Waals surface area contributed by atoms with Crippen molar-refractivity contribution in [2.75, 3.05) is 40.9 Å². The fourth-order valence-electron chi connectivity index (χ4n) is 6.77. The Hall–Kier alpha value is -2.06. The Bertz CT molecular complexity index is 1220. The number of carbonyl (C=O) groups excluding carboxylic acids is 1. The average Bonchev–Trinajstić information content (AvgIpc) is 3.21. The second-order valence-electron chi connectivity index (χ2n) is 17.8. The fraction of sp³-hybridized carbons (Fsp3) is 0.750. The number of aliphatic hydroxyl groups is 1. The van der Waals surface area contributed by atoms with Crippen LogP contribution in [0.25, 0.3) is 0 Å². The summed E-state index contributed by atoms with van der Waals surface area (Å²) in [5.74, 6) is -0.187. The van der Waals surface area contributed by atoms with Crippen molar-refractivity contribution in [3.63, 3.8) is 0 Å². The molecule has 0 heterocycles. The first kappa shape index (κ1) is 58.9. The molecule has 0 aliphatic carbocycles. The summed E-state index contributed by atoms with van der Waals surface area (Å²) >= 11 is 0. The van der Waals surface area contributed by atoms with Crippen molar-refractivity contribution in [3.05, 3.63) is 72.9 Å². The zero-order valence-corrected chi connectivity index (χ0v) is 41.0. The minimum Gasteiger partial charge on any atom is -0.387 e. The third-order valence-corrected chi connectivity index (χ3v) is 11.7. The number of amides is 1. The van der Waals surface area contributed by atoms with Crippen molar-refractivity contribution in [1.29, 1.82) is 0 Å². The van der Waals surface area contributed by atoms with E-state index >= 15 is 0 Å². The Morgan fingerprint density at radius 3 is 1.44 bits per heavy atom. The first-order chi connectivity index (χ1) is 29.5. The van der Waals surface area contributed by atoms with E-state index in [0.29, 0.717) is 17.4 Å². The molecule has 0 saturated carbocycles. The maximum absolute atomic E-state index is 12.9. The number of carbonyl (C=O) groups is 1. The number of phosphoric acid groups is 1. The van der Waals surface area contributed by atoms with Crippen LogP contribution in [0.4, 0.5) is 0 Å². The molecule has 0 spiro atoms. The molecule has 0 aliphatic heterocycles. The number of rotatable bonds is 44. The smallest absolute Gasteiger partial charge is 0.387 e. The molecule has 354 valence electrons. The Labute approximate surface area is 376 Å². The molecule has 0 aromatic rings. The highest BCUT2D eigenvalue weighted by atomic mass is 31.2. The zero-order valence-electron chi connectivity index (χ0n) is 40.1. The van der Waals surface area contributed by atoms with E-state index in [2.05, 4.69) is 79.9 Å². The van der Waals surface area contributed by atoms with Crippen LogP contribution in [0.1, 0.15) is 200 Å². The second kappa shape index (κ2) is 43.2. The standard InChI is InChI=1S/C52H95N2O6P/c1-6-8-10-12-14-16-18-20-22-23-24-25-26-27-28-29-30-31-32-34-36-38-40-42-44-46-52(56)53-50(49-60-61(57,58)59-48-47-54(3,4)5)51(55)45-43-41-39-37-35-33-21-19-17-15-13-11-9-7-2/h8,10,14,16,20,22,24-25,27-28,43,45,50-51,55H,6-7,9,11-13,15,17-19,21,23,26,29-42,44,46-49H2,1-5H3,(H-,53,56,57,58)/p+1/b10-8-,16-14-,22-20-,25-24-,28-27-,45-43+. The number of aliphatic hydroxyl groups excluding tert-OH is 1. The number of hydrogen-bond donors (Lipinski definition) is 3. The predicted octanol–water partition coefficient (Wildman–Crippen LogP) is 14.4. The zero-order chi connectivity index (χ0) is 45.0. The maximum Gasteiger partial charge on any atom is 0.472 e. The van der Waals surface area contributed by atoms with Gasteiger partial charge in [0.15, 0.2) is 0 Å². The highest BCUT2D eigenvalue weighted by Crippen LogP contribution is 2.43. The van der Waals surface area contributed by atoms with E-state index in [9.17, 15) is 19.4 Å². The molecule has 0 radical (unpaired) electrons. The van der Waals surface area contributed by atoms with Gasteiger partial charge in [-0.3, -0.25) is 13.8 Å². The minimum absolute atomic E-state index is 0.0572. The van der Waals surface area contributed by atoms with E-state index in [1.807, 2.05) is 27.2 Å². The summed E-state index contributed by atoms with van der Waals surface area (Å²) in [6, 6.07) is -0.853. The van der Waals surface area contributed by atoms with Gasteiger partial charge in [0.05, 0.1) is 39.9 Å². The summed E-state index contributed by atoms with van der Waals surface area (Å²) in [4.78, 5) is 23.2. The van der Waals surface area contributed by atoms with Gasteiger partial charge in [-0.2, -0.15) is 0 Å². The van der Waals surface area contributed by atoms with Gasteiger partial charge >= 0.3 is 7.82 Å². The summed E-state index contributed by atoms with van der Waals surface area (Å²) in [7, 11) is 1.56. The second-order valence-corrected chi connectivity index (χ2v) is 19.3. The summed E-state index contributed by atoms with van der Waals surface area (Å²) in [5.41, 5.74) is 0. The highest BCUT2D eigenvalue weighted by Gasteiger charge is 2.27. The van der Waals surface area contributed by atoms with Crippen LogP contribution in [0.15, 0.2) is 72.9 Å². The summed E-state index contributed by atoms with van der Waals surface area (Å²) in [5, 5.41) is 13.9. The first-order valence-corrected chi connectivity index (χ1v) is 26.3. The number of quaternary nitrogens is 1. The molecule has 0 bridgehead atoms. The van der Waals surface area contributed by atoms with Crippen molar-refractivity contribution in [2.24, 2.45) is 0 Å². The van der Waals surface area contributed by atoms with Crippen LogP contribution >= 0.6 is 7.82 Å². The van der Waals surface area contributed by atoms with Crippen molar-refractivity contribution >= 4 is 13.7 Å². The van der Waals surface area contributed by atoms with Gasteiger partial charge in [-0.15, -0.1) is 0 Å². The Kier molecular flexibility index (Phi) is 41.7. The number of unbranched alkanes of at least 4 members (excludes halogenated alkanes) is 21. The first-order valence-electron chi connectivity index (χ1n) is 24.8. The predicted molar refractivity (Wildman–Crippen MR) is 263 cm³/mol. The molecule has 0 saturated heterocycles. The lowest BCUT2D eigenvalue weighted by Gasteiger charge is -2.25. The fourth-order valence-corrected chi connectivity index (χ4v) is 7.51. The average molecular weight is 876 g/mol. The van der Waals surface area contributed by atoms with Crippen LogP contribution in [0.3, 0.4) is 0 Å². The number of nitrogens with one attached hydrogen (secondary N) is 1. The Morgan fingerprint density at radius 2 is 0.984 bits per heavy atom. The van der Waals surface area contributed by atoms with E-state index in [4.69, 9.17) is 9.05 Å². The SMILES string of the molecule is CC/C=C\C/C=C\C/C=C\C/C=C\C/C=C\CCCCCCCCCCCC(=O)NC(COP(=O)(O)OCC[N+](C)(C)C)C(O)/C=C/CCCCCCCCCCCCCC. The molecule has 0 aromatic heterocycles. The number of nitrogens with zero attached hydrogens (tertiary/aromatic N) is 1. The lowest BCUT2D eigenvalue weighted by atomic mass is 10.0. The van der Waals surface area contributed by atoms with Gasteiger partial charge in [-0.05, 0) is 64.2 Å². The number of phosphoric ester groups is 1. The van der Waals surface area contributed by atoms with Crippen LogP contribution in [-0.4, -0.2) is 73.4 Å². The van der Waals surface area contributed by atoms with Crippen LogP contribution in [0.2, 0.25) is 0 Å². The van der Waals surface area contributed by atoms with E-state index in [1.54, 1.807) is 6.08 Å². The molecule has 1 amide bonds. The van der Waals surface area contributed by atoms with Gasteiger partial charge in [-0.1, -0.05) is 202 Å². The monoisotopic (exact) mass is 876 g/mol. The van der Waals surface area contributed by atoms with Gasteiger partial charge in [0.25, 0.3) is 0 Å². The minimum atomic E-state index is -4.34. The summed E-state index contributed by atoms with van der Waals surface area (Å²) in [6.07, 6.45) is 58.3. The highest BCUT2D eigenvalue weighted by molar-refractivity contribution is 7.47. The van der Waals surface area contributed by atoms with Gasteiger partial charge in [-0.25, -0.2) is 4.57 Å². The van der Waals surface area contributed by atoms with E-state index in [1.165, 1.54) is 103 Å². The molecule has 0 rings (SSSR count). The number of allylic oxidation sites excluding steroid dienone is 11. The van der Waals surface area contributed by atoms with E-state index < -0.39 is 20.0 Å². The molecule has 0 aromatic carbocycles. The molecule has 0 fully saturated rings. The summed E-state index contributed by atoms with van der Waals surface area (Å²) in [6.45, 7) is 4.69. The number of hydrogen-bond acceptors (Lipinski definition) is 5. The van der Waals surface area contributed by atoms with Gasteiger partial charge < -0.3 is 19.8 Å². The third kappa shape index (κ3) is 45.8. The Morgan fingerprint density at radius 1 is 0.574 bits per heavy atom. The van der Waals surface area contributed by atoms with Crippen LogP contribution < -0.4 is 5.32 Å². The van der Waals surface area contributed by atoms with Crippen LogP contribution in [0, 0.1) is 0 Å². The van der Waals surface area contributed by atoms with Crippen molar-refractivity contribution in [2.45, 2.75) is 212 Å². The molecule has 8 nitrogen and oxygen atoms in total. The maximum atomic E-state index is 12.9. The van der Waals surface area contributed by atoms with Crippen LogP contribution in [-0.2, 0) is 18.4 Å². The molecule has 3 N–H and O–H groups in total. The molecular weight excluding hydrogens is 780 g/mol. The lowest BCUT2D eigenvalue weighted by Crippen LogP contribution is -2.45. The normalized spacial score (nSPS) is 14.8. The van der Waals surface area contributed by atoms with Gasteiger partial charge in [0.1, 0.15) is 13.2 Å². The van der Waals surface area contributed by atoms with Gasteiger partial charge in [0, 0.05) is 6.42 Å². The quantitative estimate of drug-likeness (QED) is 0.0244. The topological polar surface area (TPSA) is 105 Å². The van der Waals surface area contributed by atoms with Crippen molar-refractivity contribution in [1.82, 2.24) is 5.32 Å². The summed E-state index contributed by atoms with van der Waals surface area (Å²) < 4.78 is 23.6. The largest absolute Gasteiger partial charge is 0.472 e. The molecular formula is C52H96N2O6P+. The van der Waals surface area contributed by atoms with Crippen LogP contribution in [0.5, 0.6) is 0 Å². The molecule has 61 heavy (non-hydrogen) atoms.